The van der Waals surface area contributed by atoms with Gasteiger partial charge >= 0.3 is 0 Å². The molecule has 1 aromatic heterocycles. The number of rotatable bonds is 7. The summed E-state index contributed by atoms with van der Waals surface area (Å²) in [5, 5.41) is 7.54. The molecule has 4 heteroatoms. The molecule has 0 fully saturated rings. The van der Waals surface area contributed by atoms with Crippen molar-refractivity contribution in [3.05, 3.63) is 18.0 Å². The molecule has 1 heterocycles. The van der Waals surface area contributed by atoms with E-state index in [2.05, 4.69) is 30.5 Å². The first-order valence-corrected chi connectivity index (χ1v) is 6.28. The number of aryl methyl sites for hydroxylation is 2. The van der Waals surface area contributed by atoms with E-state index in [-0.39, 0.29) is 5.60 Å². The minimum absolute atomic E-state index is 0.133. The van der Waals surface area contributed by atoms with Gasteiger partial charge in [0.15, 0.2) is 0 Å². The van der Waals surface area contributed by atoms with Gasteiger partial charge in [-0.2, -0.15) is 5.10 Å². The van der Waals surface area contributed by atoms with Crippen molar-refractivity contribution < 1.29 is 4.74 Å². The highest BCUT2D eigenvalue weighted by Crippen LogP contribution is 2.19. The van der Waals surface area contributed by atoms with Crippen LogP contribution in [0.25, 0.3) is 0 Å². The van der Waals surface area contributed by atoms with Crippen LogP contribution in [0.4, 0.5) is 0 Å². The molecule has 0 bridgehead atoms. The molecule has 0 spiro atoms. The van der Waals surface area contributed by atoms with Crippen LogP contribution in [0.2, 0.25) is 0 Å². The Hall–Kier alpha value is -0.870. The van der Waals surface area contributed by atoms with Crippen LogP contribution in [0, 0.1) is 0 Å². The zero-order valence-corrected chi connectivity index (χ0v) is 11.7. The van der Waals surface area contributed by atoms with Crippen LogP contribution in [-0.2, 0) is 18.2 Å². The maximum Gasteiger partial charge on any atom is 0.0778 e. The van der Waals surface area contributed by atoms with E-state index in [1.165, 1.54) is 5.56 Å². The normalized spacial score (nSPS) is 13.9. The Morgan fingerprint density at radius 2 is 2.24 bits per heavy atom. The predicted octanol–water partition coefficient (Wildman–Crippen LogP) is 1.76. The molecule has 1 unspecified atom stereocenters. The van der Waals surface area contributed by atoms with Gasteiger partial charge in [0.25, 0.3) is 0 Å². The molecular weight excluding hydrogens is 214 g/mol. The summed E-state index contributed by atoms with van der Waals surface area (Å²) in [6.45, 7) is 7.06. The number of ether oxygens (including phenoxy) is 1. The third kappa shape index (κ3) is 4.13. The van der Waals surface area contributed by atoms with Crippen LogP contribution in [0.1, 0.15) is 32.8 Å². The van der Waals surface area contributed by atoms with Gasteiger partial charge in [0, 0.05) is 25.9 Å². The van der Waals surface area contributed by atoms with E-state index in [9.17, 15) is 0 Å². The second kappa shape index (κ2) is 6.17. The number of nitrogens with one attached hydrogen (secondary N) is 1. The van der Waals surface area contributed by atoms with E-state index < -0.39 is 0 Å². The minimum atomic E-state index is -0.133. The first-order valence-electron chi connectivity index (χ1n) is 6.28. The molecule has 0 aromatic carbocycles. The smallest absolute Gasteiger partial charge is 0.0778 e. The molecule has 17 heavy (non-hydrogen) atoms. The fraction of sp³-hybridized carbons (Fsp3) is 0.769. The molecule has 98 valence electrons. The number of hydrogen-bond donors (Lipinski definition) is 1. The lowest BCUT2D eigenvalue weighted by molar-refractivity contribution is -0.0382. The van der Waals surface area contributed by atoms with E-state index in [0.717, 1.165) is 19.4 Å². The number of likely N-dealkylation sites (N-methyl/N-ethyl adjacent to an activating group) is 1. The van der Waals surface area contributed by atoms with Crippen LogP contribution in [-0.4, -0.2) is 35.1 Å². The third-order valence-corrected chi connectivity index (χ3v) is 3.18. The minimum Gasteiger partial charge on any atom is -0.374 e. The molecule has 0 aliphatic carbocycles. The van der Waals surface area contributed by atoms with Crippen LogP contribution in [0.3, 0.4) is 0 Å². The lowest BCUT2D eigenvalue weighted by Crippen LogP contribution is -2.47. The van der Waals surface area contributed by atoms with Crippen LogP contribution in [0.15, 0.2) is 12.4 Å². The molecule has 0 aliphatic rings. The van der Waals surface area contributed by atoms with Gasteiger partial charge in [-0.15, -0.1) is 0 Å². The zero-order valence-electron chi connectivity index (χ0n) is 11.7. The van der Waals surface area contributed by atoms with Gasteiger partial charge in [-0.05, 0) is 46.2 Å². The summed E-state index contributed by atoms with van der Waals surface area (Å²) in [7, 11) is 3.94. The molecule has 0 radical (unpaired) electrons. The van der Waals surface area contributed by atoms with Gasteiger partial charge in [-0.25, -0.2) is 0 Å². The molecule has 0 amide bonds. The monoisotopic (exact) mass is 239 g/mol. The predicted molar refractivity (Wildman–Crippen MR) is 70.1 cm³/mol. The van der Waals surface area contributed by atoms with Gasteiger partial charge in [0.2, 0.25) is 0 Å². The van der Waals surface area contributed by atoms with E-state index in [0.29, 0.717) is 6.04 Å². The van der Waals surface area contributed by atoms with Crippen molar-refractivity contribution in [1.29, 1.82) is 0 Å². The molecule has 1 aromatic rings. The van der Waals surface area contributed by atoms with Crippen molar-refractivity contribution in [3.8, 4) is 0 Å². The second-order valence-corrected chi connectivity index (χ2v) is 4.94. The fourth-order valence-electron chi connectivity index (χ4n) is 2.22. The van der Waals surface area contributed by atoms with Gasteiger partial charge in [-0.1, -0.05) is 0 Å². The molecule has 0 saturated heterocycles. The van der Waals surface area contributed by atoms with Crippen molar-refractivity contribution in [2.45, 2.75) is 45.3 Å². The summed E-state index contributed by atoms with van der Waals surface area (Å²) < 4.78 is 7.64. The topological polar surface area (TPSA) is 39.1 Å². The first kappa shape index (κ1) is 14.2. The number of aromatic nitrogens is 2. The van der Waals surface area contributed by atoms with Crippen molar-refractivity contribution in [2.24, 2.45) is 7.05 Å². The summed E-state index contributed by atoms with van der Waals surface area (Å²) in [6, 6.07) is 0.350. The summed E-state index contributed by atoms with van der Waals surface area (Å²) in [5.74, 6) is 0. The van der Waals surface area contributed by atoms with Crippen molar-refractivity contribution >= 4 is 0 Å². The van der Waals surface area contributed by atoms with Crippen LogP contribution >= 0.6 is 0 Å². The maximum absolute atomic E-state index is 5.79. The Balaban J connectivity index is 2.52. The van der Waals surface area contributed by atoms with E-state index in [4.69, 9.17) is 4.74 Å². The van der Waals surface area contributed by atoms with Crippen LogP contribution < -0.4 is 5.32 Å². The molecule has 1 N–H and O–H groups in total. The van der Waals surface area contributed by atoms with Gasteiger partial charge < -0.3 is 10.1 Å². The number of hydrogen-bond acceptors (Lipinski definition) is 3. The summed E-state index contributed by atoms with van der Waals surface area (Å²) in [4.78, 5) is 0. The maximum atomic E-state index is 5.79. The average Bonchev–Trinajstić information content (AvgIpc) is 2.64. The average molecular weight is 239 g/mol. The van der Waals surface area contributed by atoms with Crippen molar-refractivity contribution in [1.82, 2.24) is 15.1 Å². The molecule has 0 saturated carbocycles. The van der Waals surface area contributed by atoms with E-state index in [1.54, 1.807) is 0 Å². The lowest BCUT2D eigenvalue weighted by Gasteiger charge is -2.34. The first-order chi connectivity index (χ1) is 7.99. The van der Waals surface area contributed by atoms with Gasteiger partial charge in [0.1, 0.15) is 0 Å². The Labute approximate surface area is 104 Å². The molecule has 1 rings (SSSR count). The fourth-order valence-corrected chi connectivity index (χ4v) is 2.22. The Bertz CT molecular complexity index is 333. The van der Waals surface area contributed by atoms with E-state index in [1.807, 2.05) is 31.9 Å². The van der Waals surface area contributed by atoms with Gasteiger partial charge in [-0.3, -0.25) is 4.68 Å². The van der Waals surface area contributed by atoms with E-state index >= 15 is 0 Å². The highest BCUT2D eigenvalue weighted by atomic mass is 16.5. The summed E-state index contributed by atoms with van der Waals surface area (Å²) >= 11 is 0. The SMILES string of the molecule is CCOC(C)(C)C(CCc1cnn(C)c1)NC. The van der Waals surface area contributed by atoms with Crippen molar-refractivity contribution in [3.63, 3.8) is 0 Å². The van der Waals surface area contributed by atoms with Crippen molar-refractivity contribution in [2.75, 3.05) is 13.7 Å². The Kier molecular flexibility index (Phi) is 5.15. The van der Waals surface area contributed by atoms with Crippen LogP contribution in [0.5, 0.6) is 0 Å². The summed E-state index contributed by atoms with van der Waals surface area (Å²) in [6.07, 6.45) is 6.08. The second-order valence-electron chi connectivity index (χ2n) is 4.94. The molecular formula is C13H25N3O. The third-order valence-electron chi connectivity index (χ3n) is 3.18. The molecule has 4 nitrogen and oxygen atoms in total. The highest BCUT2D eigenvalue weighted by molar-refractivity contribution is 5.04. The largest absolute Gasteiger partial charge is 0.374 e. The Morgan fingerprint density at radius 3 is 2.71 bits per heavy atom. The zero-order chi connectivity index (χ0) is 12.9. The summed E-state index contributed by atoms with van der Waals surface area (Å²) in [5.41, 5.74) is 1.14. The molecule has 1 atom stereocenters. The van der Waals surface area contributed by atoms with Gasteiger partial charge in [0.05, 0.1) is 11.8 Å². The Morgan fingerprint density at radius 1 is 1.53 bits per heavy atom. The number of nitrogens with zero attached hydrogens (tertiary/aromatic N) is 2. The quantitative estimate of drug-likeness (QED) is 0.788. The standard InChI is InChI=1S/C13H25N3O/c1-6-17-13(2,3)12(14-4)8-7-11-9-15-16(5)10-11/h9-10,12,14H,6-8H2,1-5H3. The molecule has 0 aliphatic heterocycles. The highest BCUT2D eigenvalue weighted by Gasteiger charge is 2.28. The lowest BCUT2D eigenvalue weighted by atomic mass is 9.93.